The first-order valence-corrected chi connectivity index (χ1v) is 11.9. The van der Waals surface area contributed by atoms with Crippen molar-refractivity contribution in [1.82, 2.24) is 0 Å². The van der Waals surface area contributed by atoms with E-state index in [4.69, 9.17) is 5.73 Å². The number of hydrogen-bond donors (Lipinski definition) is 1. The van der Waals surface area contributed by atoms with Gasteiger partial charge in [-0.2, -0.15) is 0 Å². The number of nitrogens with two attached hydrogens (primary N) is 1. The fourth-order valence-electron chi connectivity index (χ4n) is 4.92. The van der Waals surface area contributed by atoms with Crippen LogP contribution in [0.15, 0.2) is 127 Å². The molecule has 0 aliphatic heterocycles. The third-order valence-electron chi connectivity index (χ3n) is 6.60. The molecule has 0 aromatic heterocycles. The van der Waals surface area contributed by atoms with E-state index >= 15 is 0 Å². The Kier molecular flexibility index (Phi) is 5.37. The maximum Gasteiger partial charge on any atom is 0.0314 e. The van der Waals surface area contributed by atoms with Crippen LogP contribution in [-0.2, 0) is 0 Å². The van der Waals surface area contributed by atoms with Gasteiger partial charge in [-0.25, -0.2) is 0 Å². The summed E-state index contributed by atoms with van der Waals surface area (Å²) in [4.78, 5) is 0. The van der Waals surface area contributed by atoms with E-state index in [-0.39, 0.29) is 0 Å². The first-order valence-electron chi connectivity index (χ1n) is 11.9. The molecule has 0 unspecified atom stereocenters. The number of fused-ring (bicyclic) bond motifs is 2. The van der Waals surface area contributed by atoms with Crippen LogP contribution in [0.1, 0.15) is 11.1 Å². The van der Waals surface area contributed by atoms with Crippen LogP contribution in [0.2, 0.25) is 0 Å². The summed E-state index contributed by atoms with van der Waals surface area (Å²) >= 11 is 0. The van der Waals surface area contributed by atoms with Gasteiger partial charge in [-0.15, -0.1) is 0 Å². The zero-order valence-corrected chi connectivity index (χ0v) is 19.4. The predicted octanol–water partition coefficient (Wildman–Crippen LogP) is 9.08. The Hall–Kier alpha value is -4.62. The lowest BCUT2D eigenvalue weighted by molar-refractivity contribution is 1.62. The van der Waals surface area contributed by atoms with E-state index < -0.39 is 0 Å². The molecule has 0 radical (unpaired) electrons. The smallest absolute Gasteiger partial charge is 0.0314 e. The van der Waals surface area contributed by atoms with Gasteiger partial charge < -0.3 is 5.73 Å². The van der Waals surface area contributed by atoms with E-state index in [1.54, 1.807) is 0 Å². The fourth-order valence-corrected chi connectivity index (χ4v) is 4.92. The summed E-state index contributed by atoms with van der Waals surface area (Å²) in [5.41, 5.74) is 14.1. The Balaban J connectivity index is 1.53. The van der Waals surface area contributed by atoms with E-state index in [0.29, 0.717) is 0 Å². The average molecular weight is 448 g/mol. The van der Waals surface area contributed by atoms with E-state index in [0.717, 1.165) is 5.69 Å². The minimum Gasteiger partial charge on any atom is -0.399 e. The van der Waals surface area contributed by atoms with E-state index in [2.05, 4.69) is 121 Å². The van der Waals surface area contributed by atoms with Gasteiger partial charge in [0.25, 0.3) is 0 Å². The topological polar surface area (TPSA) is 26.0 Å². The second kappa shape index (κ2) is 8.96. The highest BCUT2D eigenvalue weighted by molar-refractivity contribution is 6.21. The van der Waals surface area contributed by atoms with E-state index in [1.807, 2.05) is 18.2 Å². The van der Waals surface area contributed by atoms with Crippen LogP contribution in [0.3, 0.4) is 0 Å². The standard InChI is InChI=1S/C34H25N/c35-28-22-20-27(21-23-28)34-31-12-6-4-10-29(31)33(30-11-5-7-13-32(30)34)26-18-16-25(17-19-26)15-14-24-8-2-1-3-9-24/h1-23H,35H2/b15-14+. The van der Waals surface area contributed by atoms with Gasteiger partial charge in [-0.05, 0) is 67.1 Å². The first-order chi connectivity index (χ1) is 17.3. The van der Waals surface area contributed by atoms with E-state index in [1.165, 1.54) is 54.9 Å². The Morgan fingerprint density at radius 2 is 0.743 bits per heavy atom. The summed E-state index contributed by atoms with van der Waals surface area (Å²) in [6, 6.07) is 44.9. The number of hydrogen-bond acceptors (Lipinski definition) is 1. The number of rotatable bonds is 4. The molecule has 6 aromatic carbocycles. The molecule has 6 rings (SSSR count). The van der Waals surface area contributed by atoms with Gasteiger partial charge in [0.05, 0.1) is 0 Å². The quantitative estimate of drug-likeness (QED) is 0.163. The molecule has 0 atom stereocenters. The number of nitrogen functional groups attached to an aromatic ring is 1. The van der Waals surface area contributed by atoms with Crippen LogP contribution >= 0.6 is 0 Å². The molecule has 1 nitrogen and oxygen atoms in total. The van der Waals surface area contributed by atoms with Crippen molar-refractivity contribution in [3.05, 3.63) is 139 Å². The van der Waals surface area contributed by atoms with Gasteiger partial charge in [0.15, 0.2) is 0 Å². The van der Waals surface area contributed by atoms with Gasteiger partial charge in [-0.3, -0.25) is 0 Å². The molecule has 0 saturated heterocycles. The van der Waals surface area contributed by atoms with Crippen molar-refractivity contribution in [2.45, 2.75) is 0 Å². The highest BCUT2D eigenvalue weighted by Crippen LogP contribution is 2.43. The van der Waals surface area contributed by atoms with Crippen LogP contribution < -0.4 is 5.73 Å². The lowest BCUT2D eigenvalue weighted by Crippen LogP contribution is -1.91. The maximum absolute atomic E-state index is 5.99. The van der Waals surface area contributed by atoms with Crippen molar-refractivity contribution in [2.75, 3.05) is 5.73 Å². The summed E-state index contributed by atoms with van der Waals surface area (Å²) in [7, 11) is 0. The normalized spacial score (nSPS) is 11.4. The SMILES string of the molecule is Nc1ccc(-c2c3ccccc3c(-c3ccc(/C=C/c4ccccc4)cc3)c3ccccc23)cc1. The maximum atomic E-state index is 5.99. The molecule has 0 saturated carbocycles. The summed E-state index contributed by atoms with van der Waals surface area (Å²) in [6.07, 6.45) is 4.32. The van der Waals surface area contributed by atoms with Crippen LogP contribution in [0, 0.1) is 0 Å². The van der Waals surface area contributed by atoms with Crippen LogP contribution in [0.25, 0.3) is 56.0 Å². The van der Waals surface area contributed by atoms with Crippen molar-refractivity contribution in [3.63, 3.8) is 0 Å². The highest BCUT2D eigenvalue weighted by atomic mass is 14.5. The van der Waals surface area contributed by atoms with Crippen molar-refractivity contribution in [1.29, 1.82) is 0 Å². The second-order valence-electron chi connectivity index (χ2n) is 8.83. The summed E-state index contributed by atoms with van der Waals surface area (Å²) in [5.74, 6) is 0. The first kappa shape index (κ1) is 20.9. The summed E-state index contributed by atoms with van der Waals surface area (Å²) in [6.45, 7) is 0. The molecule has 0 aliphatic carbocycles. The zero-order chi connectivity index (χ0) is 23.6. The minimum absolute atomic E-state index is 0.778. The Bertz CT molecular complexity index is 1600. The van der Waals surface area contributed by atoms with Crippen molar-refractivity contribution in [3.8, 4) is 22.3 Å². The third-order valence-corrected chi connectivity index (χ3v) is 6.60. The summed E-state index contributed by atoms with van der Waals surface area (Å²) < 4.78 is 0. The molecule has 0 heterocycles. The Morgan fingerprint density at radius 3 is 1.20 bits per heavy atom. The van der Waals surface area contributed by atoms with Crippen LogP contribution in [0.4, 0.5) is 5.69 Å². The van der Waals surface area contributed by atoms with Gasteiger partial charge in [-0.1, -0.05) is 127 Å². The molecule has 0 spiro atoms. The second-order valence-corrected chi connectivity index (χ2v) is 8.83. The number of anilines is 1. The molecule has 0 bridgehead atoms. The molecule has 0 aliphatic rings. The van der Waals surface area contributed by atoms with Gasteiger partial charge >= 0.3 is 0 Å². The van der Waals surface area contributed by atoms with Crippen molar-refractivity contribution >= 4 is 39.4 Å². The third kappa shape index (κ3) is 3.98. The zero-order valence-electron chi connectivity index (χ0n) is 19.4. The van der Waals surface area contributed by atoms with Crippen molar-refractivity contribution in [2.24, 2.45) is 0 Å². The molecule has 35 heavy (non-hydrogen) atoms. The molecular formula is C34H25N. The van der Waals surface area contributed by atoms with Gasteiger partial charge in [0, 0.05) is 5.69 Å². The number of benzene rings is 6. The molecule has 166 valence electrons. The monoisotopic (exact) mass is 447 g/mol. The molecule has 2 N–H and O–H groups in total. The average Bonchev–Trinajstić information content (AvgIpc) is 2.92. The van der Waals surface area contributed by atoms with E-state index in [9.17, 15) is 0 Å². The molecule has 6 aromatic rings. The van der Waals surface area contributed by atoms with Crippen LogP contribution in [0.5, 0.6) is 0 Å². The lowest BCUT2D eigenvalue weighted by Gasteiger charge is -2.18. The van der Waals surface area contributed by atoms with Gasteiger partial charge in [0.1, 0.15) is 0 Å². The fraction of sp³-hybridized carbons (Fsp3) is 0. The van der Waals surface area contributed by atoms with Gasteiger partial charge in [0.2, 0.25) is 0 Å². The minimum atomic E-state index is 0.778. The van der Waals surface area contributed by atoms with Crippen LogP contribution in [-0.4, -0.2) is 0 Å². The van der Waals surface area contributed by atoms with Crippen molar-refractivity contribution < 1.29 is 0 Å². The molecule has 0 fully saturated rings. The predicted molar refractivity (Wildman–Crippen MR) is 152 cm³/mol. The lowest BCUT2D eigenvalue weighted by atomic mass is 9.86. The molecular weight excluding hydrogens is 422 g/mol. The Labute approximate surface area is 205 Å². The molecule has 0 amide bonds. The molecule has 1 heteroatoms. The Morgan fingerprint density at radius 1 is 0.371 bits per heavy atom. The summed E-state index contributed by atoms with van der Waals surface area (Å²) in [5, 5.41) is 5.01. The largest absolute Gasteiger partial charge is 0.399 e. The highest BCUT2D eigenvalue weighted by Gasteiger charge is 2.16.